The van der Waals surface area contributed by atoms with E-state index in [0.29, 0.717) is 11.2 Å². The van der Waals surface area contributed by atoms with Gasteiger partial charge < -0.3 is 15.5 Å². The number of hydrogen-bond donors (Lipinski definition) is 3. The van der Waals surface area contributed by atoms with Crippen LogP contribution in [0.3, 0.4) is 0 Å². The molecule has 0 saturated carbocycles. The van der Waals surface area contributed by atoms with E-state index in [9.17, 15) is 10.0 Å². The van der Waals surface area contributed by atoms with E-state index in [1.807, 2.05) is 37.3 Å². The Hall–Kier alpha value is -1.91. The van der Waals surface area contributed by atoms with E-state index in [0.717, 1.165) is 18.4 Å². The van der Waals surface area contributed by atoms with Gasteiger partial charge in [-0.25, -0.2) is 0 Å². The molecule has 0 unspecified atom stereocenters. The van der Waals surface area contributed by atoms with Gasteiger partial charge in [-0.15, -0.1) is 0 Å². The Labute approximate surface area is 138 Å². The van der Waals surface area contributed by atoms with E-state index in [2.05, 4.69) is 26.0 Å². The maximum atomic E-state index is 9.28. The van der Waals surface area contributed by atoms with E-state index in [1.165, 1.54) is 11.1 Å². The van der Waals surface area contributed by atoms with Crippen LogP contribution in [-0.4, -0.2) is 22.9 Å². The van der Waals surface area contributed by atoms with Crippen molar-refractivity contribution < 1.29 is 10.0 Å². The minimum absolute atomic E-state index is 0.278. The summed E-state index contributed by atoms with van der Waals surface area (Å²) in [6.45, 7) is 6.01. The summed E-state index contributed by atoms with van der Waals surface area (Å²) in [7, 11) is -1.43. The minimum atomic E-state index is -1.43. The fraction of sp³-hybridized carbons (Fsp3) is 0.316. The molecule has 3 nitrogen and oxygen atoms in total. The Balaban J connectivity index is 2.22. The zero-order chi connectivity index (χ0) is 17.0. The molecule has 0 aliphatic heterocycles. The van der Waals surface area contributed by atoms with E-state index in [-0.39, 0.29) is 5.41 Å². The van der Waals surface area contributed by atoms with Crippen molar-refractivity contribution in [1.82, 2.24) is 0 Å². The third-order valence-electron chi connectivity index (χ3n) is 4.56. The van der Waals surface area contributed by atoms with Gasteiger partial charge in [-0.2, -0.15) is 0 Å². The van der Waals surface area contributed by atoms with Crippen LogP contribution in [0.4, 0.5) is 0 Å². The highest BCUT2D eigenvalue weighted by molar-refractivity contribution is 6.58. The van der Waals surface area contributed by atoms with Gasteiger partial charge in [-0.1, -0.05) is 62.4 Å². The van der Waals surface area contributed by atoms with Crippen molar-refractivity contribution in [2.24, 2.45) is 0 Å². The number of nitrogens with one attached hydrogen (secondary N) is 1. The monoisotopic (exact) mass is 309 g/mol. The first-order valence-corrected chi connectivity index (χ1v) is 7.91. The molecule has 0 bridgehead atoms. The molecule has 0 aliphatic carbocycles. The molecule has 2 rings (SSSR count). The summed E-state index contributed by atoms with van der Waals surface area (Å²) >= 11 is 0. The third-order valence-corrected chi connectivity index (χ3v) is 4.56. The SMILES string of the molecule is CC(=N)C(C)(C)c1ccccc1CCc1cccc(B(O)O)c1. The van der Waals surface area contributed by atoms with E-state index >= 15 is 0 Å². The molecule has 0 amide bonds. The predicted molar refractivity (Wildman–Crippen MR) is 96.5 cm³/mol. The molecule has 0 saturated heterocycles. The largest absolute Gasteiger partial charge is 0.488 e. The predicted octanol–water partition coefficient (Wildman–Crippen LogP) is 2.47. The van der Waals surface area contributed by atoms with Gasteiger partial charge in [0.1, 0.15) is 0 Å². The highest BCUT2D eigenvalue weighted by Gasteiger charge is 2.25. The van der Waals surface area contributed by atoms with Crippen LogP contribution in [0.1, 0.15) is 37.5 Å². The average molecular weight is 309 g/mol. The fourth-order valence-corrected chi connectivity index (χ4v) is 2.74. The summed E-state index contributed by atoms with van der Waals surface area (Å²) in [5.41, 5.74) is 4.39. The average Bonchev–Trinajstić information content (AvgIpc) is 2.53. The van der Waals surface area contributed by atoms with Gasteiger partial charge in [0, 0.05) is 11.1 Å². The molecule has 23 heavy (non-hydrogen) atoms. The summed E-state index contributed by atoms with van der Waals surface area (Å²) in [5.74, 6) is 0. The second-order valence-corrected chi connectivity index (χ2v) is 6.53. The second kappa shape index (κ2) is 7.11. The molecule has 4 heteroatoms. The van der Waals surface area contributed by atoms with Crippen molar-refractivity contribution in [2.75, 3.05) is 0 Å². The normalized spacial score (nSPS) is 11.3. The topological polar surface area (TPSA) is 64.3 Å². The second-order valence-electron chi connectivity index (χ2n) is 6.53. The number of hydrogen-bond acceptors (Lipinski definition) is 3. The highest BCUT2D eigenvalue weighted by atomic mass is 16.4. The minimum Gasteiger partial charge on any atom is -0.423 e. The van der Waals surface area contributed by atoms with Crippen LogP contribution in [0, 0.1) is 5.41 Å². The molecule has 2 aromatic carbocycles. The molecular weight excluding hydrogens is 285 g/mol. The van der Waals surface area contributed by atoms with Gasteiger partial charge in [0.05, 0.1) is 0 Å². The Morgan fingerprint density at radius 3 is 2.39 bits per heavy atom. The molecule has 0 spiro atoms. The van der Waals surface area contributed by atoms with Crippen LogP contribution in [0.2, 0.25) is 0 Å². The molecule has 2 aromatic rings. The summed E-state index contributed by atoms with van der Waals surface area (Å²) in [6.07, 6.45) is 1.68. The van der Waals surface area contributed by atoms with Crippen LogP contribution >= 0.6 is 0 Å². The lowest BCUT2D eigenvalue weighted by Gasteiger charge is -2.27. The maximum Gasteiger partial charge on any atom is 0.488 e. The molecule has 0 heterocycles. The van der Waals surface area contributed by atoms with Gasteiger partial charge >= 0.3 is 7.12 Å². The number of rotatable bonds is 6. The van der Waals surface area contributed by atoms with Gasteiger partial charge in [0.2, 0.25) is 0 Å². The summed E-state index contributed by atoms with van der Waals surface area (Å²) in [6, 6.07) is 15.7. The maximum absolute atomic E-state index is 9.28. The molecule has 0 aromatic heterocycles. The van der Waals surface area contributed by atoms with E-state index in [1.54, 1.807) is 6.07 Å². The third kappa shape index (κ3) is 4.09. The number of benzene rings is 2. The molecular formula is C19H24BNO2. The lowest BCUT2D eigenvalue weighted by Crippen LogP contribution is -2.30. The first kappa shape index (κ1) is 17.4. The van der Waals surface area contributed by atoms with Gasteiger partial charge in [-0.3, -0.25) is 0 Å². The van der Waals surface area contributed by atoms with Gasteiger partial charge in [0.15, 0.2) is 0 Å². The van der Waals surface area contributed by atoms with Crippen molar-refractivity contribution in [3.8, 4) is 0 Å². The lowest BCUT2D eigenvalue weighted by molar-refractivity contribution is 0.425. The first-order chi connectivity index (χ1) is 10.8. The summed E-state index contributed by atoms with van der Waals surface area (Å²) in [5, 5.41) is 26.6. The zero-order valence-electron chi connectivity index (χ0n) is 14.0. The number of aryl methyl sites for hydroxylation is 2. The Bertz CT molecular complexity index is 695. The van der Waals surface area contributed by atoms with Crippen LogP contribution in [-0.2, 0) is 18.3 Å². The molecule has 0 fully saturated rings. The van der Waals surface area contributed by atoms with Gasteiger partial charge in [0.25, 0.3) is 0 Å². The van der Waals surface area contributed by atoms with Crippen molar-refractivity contribution in [3.63, 3.8) is 0 Å². The molecule has 0 radical (unpaired) electrons. The zero-order valence-corrected chi connectivity index (χ0v) is 14.0. The van der Waals surface area contributed by atoms with Crippen molar-refractivity contribution >= 4 is 18.3 Å². The molecule has 3 N–H and O–H groups in total. The van der Waals surface area contributed by atoms with Crippen molar-refractivity contribution in [2.45, 2.75) is 39.0 Å². The van der Waals surface area contributed by atoms with Crippen LogP contribution in [0.15, 0.2) is 48.5 Å². The summed E-state index contributed by atoms with van der Waals surface area (Å²) < 4.78 is 0. The first-order valence-electron chi connectivity index (χ1n) is 7.91. The van der Waals surface area contributed by atoms with E-state index < -0.39 is 7.12 Å². The fourth-order valence-electron chi connectivity index (χ4n) is 2.74. The standard InChI is InChI=1S/C19H24BNO2/c1-14(21)19(2,3)18-10-5-4-8-16(18)12-11-15-7-6-9-17(13-15)20(22)23/h4-10,13,21-23H,11-12H2,1-3H3. The Kier molecular flexibility index (Phi) is 5.40. The Morgan fingerprint density at radius 1 is 1.04 bits per heavy atom. The molecule has 0 aliphatic rings. The smallest absolute Gasteiger partial charge is 0.423 e. The molecule has 120 valence electrons. The van der Waals surface area contributed by atoms with Crippen LogP contribution in [0.25, 0.3) is 0 Å². The highest BCUT2D eigenvalue weighted by Crippen LogP contribution is 2.28. The van der Waals surface area contributed by atoms with Crippen molar-refractivity contribution in [3.05, 3.63) is 65.2 Å². The van der Waals surface area contributed by atoms with E-state index in [4.69, 9.17) is 5.41 Å². The summed E-state index contributed by atoms with van der Waals surface area (Å²) in [4.78, 5) is 0. The molecule has 0 atom stereocenters. The van der Waals surface area contributed by atoms with Gasteiger partial charge in [-0.05, 0) is 41.9 Å². The lowest BCUT2D eigenvalue weighted by atomic mass is 9.77. The quantitative estimate of drug-likeness (QED) is 0.567. The van der Waals surface area contributed by atoms with Crippen LogP contribution in [0.5, 0.6) is 0 Å². The van der Waals surface area contributed by atoms with Crippen molar-refractivity contribution in [1.29, 1.82) is 5.41 Å². The Morgan fingerprint density at radius 2 is 1.74 bits per heavy atom. The van der Waals surface area contributed by atoms with Crippen LogP contribution < -0.4 is 5.46 Å².